The summed E-state index contributed by atoms with van der Waals surface area (Å²) in [6.45, 7) is 9.53. The third-order valence-corrected chi connectivity index (χ3v) is 3.95. The van der Waals surface area contributed by atoms with Gasteiger partial charge in [-0.15, -0.1) is 0 Å². The largest absolute Gasteiger partial charge is 0.380 e. The molecule has 2 fully saturated rings. The SMILES string of the molecule is [C-]#[N+]c1ccccc1N1CC2CCC(C2)C1. The molecule has 1 aliphatic heterocycles. The summed E-state index contributed by atoms with van der Waals surface area (Å²) in [5.74, 6) is 1.75. The van der Waals surface area contributed by atoms with E-state index in [0.29, 0.717) is 0 Å². The first kappa shape index (κ1) is 9.72. The van der Waals surface area contributed by atoms with Crippen LogP contribution in [-0.4, -0.2) is 13.1 Å². The van der Waals surface area contributed by atoms with Gasteiger partial charge in [0.1, 0.15) is 0 Å². The Bertz CT molecular complexity index is 421. The first-order valence-electron chi connectivity index (χ1n) is 6.08. The standard InChI is InChI=1S/C14H16N2/c1-15-13-4-2-3-5-14(13)16-9-11-6-7-12(8-11)10-16/h2-5,11-12H,6-10H2. The highest BCUT2D eigenvalue weighted by atomic mass is 15.2. The van der Waals surface area contributed by atoms with E-state index < -0.39 is 0 Å². The topological polar surface area (TPSA) is 7.60 Å². The smallest absolute Gasteiger partial charge is 0.209 e. The molecule has 2 bridgehead atoms. The lowest BCUT2D eigenvalue weighted by Crippen LogP contribution is -2.36. The first-order valence-corrected chi connectivity index (χ1v) is 6.08. The summed E-state index contributed by atoms with van der Waals surface area (Å²) in [4.78, 5) is 6.05. The number of anilines is 1. The van der Waals surface area contributed by atoms with Crippen LogP contribution in [0.25, 0.3) is 4.85 Å². The van der Waals surface area contributed by atoms with Gasteiger partial charge in [0.05, 0.1) is 6.57 Å². The van der Waals surface area contributed by atoms with Crippen molar-refractivity contribution in [3.8, 4) is 0 Å². The molecule has 1 aromatic carbocycles. The van der Waals surface area contributed by atoms with Crippen molar-refractivity contribution in [3.63, 3.8) is 0 Å². The van der Waals surface area contributed by atoms with E-state index in [9.17, 15) is 0 Å². The third-order valence-electron chi connectivity index (χ3n) is 3.95. The van der Waals surface area contributed by atoms with E-state index in [2.05, 4.69) is 15.8 Å². The number of para-hydroxylation sites is 2. The molecule has 2 atom stereocenters. The molecule has 0 aromatic heterocycles. The molecule has 2 heteroatoms. The Morgan fingerprint density at radius 3 is 2.50 bits per heavy atom. The first-order chi connectivity index (χ1) is 7.86. The molecule has 1 saturated carbocycles. The summed E-state index contributed by atoms with van der Waals surface area (Å²) < 4.78 is 0. The summed E-state index contributed by atoms with van der Waals surface area (Å²) in [7, 11) is 0. The second-order valence-corrected chi connectivity index (χ2v) is 5.05. The van der Waals surface area contributed by atoms with Gasteiger partial charge in [0.15, 0.2) is 0 Å². The Morgan fingerprint density at radius 1 is 1.12 bits per heavy atom. The van der Waals surface area contributed by atoms with Crippen LogP contribution in [0.5, 0.6) is 0 Å². The summed E-state index contributed by atoms with van der Waals surface area (Å²) in [5, 5.41) is 0. The molecule has 3 rings (SSSR count). The van der Waals surface area contributed by atoms with Crippen LogP contribution in [0.15, 0.2) is 24.3 Å². The fraction of sp³-hybridized carbons (Fsp3) is 0.500. The number of rotatable bonds is 1. The predicted octanol–water partition coefficient (Wildman–Crippen LogP) is 3.47. The Balaban J connectivity index is 1.90. The molecule has 16 heavy (non-hydrogen) atoms. The average molecular weight is 212 g/mol. The number of piperidine rings is 1. The number of hydrogen-bond acceptors (Lipinski definition) is 1. The quantitative estimate of drug-likeness (QED) is 0.647. The maximum atomic E-state index is 7.22. The van der Waals surface area contributed by atoms with Crippen LogP contribution in [-0.2, 0) is 0 Å². The molecule has 1 saturated heterocycles. The van der Waals surface area contributed by atoms with E-state index in [4.69, 9.17) is 6.57 Å². The van der Waals surface area contributed by atoms with Gasteiger partial charge < -0.3 is 4.90 Å². The molecule has 0 N–H and O–H groups in total. The summed E-state index contributed by atoms with van der Waals surface area (Å²) in [5.41, 5.74) is 1.96. The molecule has 0 spiro atoms. The minimum atomic E-state index is 0.809. The van der Waals surface area contributed by atoms with Crippen LogP contribution in [0.3, 0.4) is 0 Å². The van der Waals surface area contributed by atoms with Crippen molar-refractivity contribution >= 4 is 11.4 Å². The summed E-state index contributed by atoms with van der Waals surface area (Å²) in [6.07, 6.45) is 4.19. The molecule has 82 valence electrons. The van der Waals surface area contributed by atoms with E-state index in [1.807, 2.05) is 18.2 Å². The lowest BCUT2D eigenvalue weighted by Gasteiger charge is -2.34. The molecular formula is C14H16N2. The average Bonchev–Trinajstić information content (AvgIpc) is 2.68. The van der Waals surface area contributed by atoms with Crippen molar-refractivity contribution in [1.29, 1.82) is 0 Å². The molecule has 0 amide bonds. The van der Waals surface area contributed by atoms with E-state index >= 15 is 0 Å². The molecule has 1 heterocycles. The highest BCUT2D eigenvalue weighted by Crippen LogP contribution is 2.40. The van der Waals surface area contributed by atoms with E-state index in [1.165, 1.54) is 19.3 Å². The van der Waals surface area contributed by atoms with Crippen LogP contribution in [0.4, 0.5) is 11.4 Å². The van der Waals surface area contributed by atoms with Gasteiger partial charge in [-0.25, -0.2) is 4.85 Å². The van der Waals surface area contributed by atoms with Crippen LogP contribution in [0.2, 0.25) is 0 Å². The molecule has 1 aromatic rings. The molecule has 1 aliphatic carbocycles. The molecular weight excluding hydrogens is 196 g/mol. The van der Waals surface area contributed by atoms with E-state index in [-0.39, 0.29) is 0 Å². The Hall–Kier alpha value is -1.49. The molecule has 2 nitrogen and oxygen atoms in total. The summed E-state index contributed by atoms with van der Waals surface area (Å²) >= 11 is 0. The zero-order valence-corrected chi connectivity index (χ0v) is 9.39. The van der Waals surface area contributed by atoms with Gasteiger partial charge in [-0.3, -0.25) is 0 Å². The lowest BCUT2D eigenvalue weighted by atomic mass is 9.98. The second kappa shape index (κ2) is 3.83. The maximum absolute atomic E-state index is 7.22. The van der Waals surface area contributed by atoms with E-state index in [0.717, 1.165) is 36.3 Å². The molecule has 0 radical (unpaired) electrons. The normalized spacial score (nSPS) is 27.8. The highest BCUT2D eigenvalue weighted by Gasteiger charge is 2.33. The van der Waals surface area contributed by atoms with Gasteiger partial charge in [-0.05, 0) is 37.2 Å². The molecule has 2 unspecified atom stereocenters. The van der Waals surface area contributed by atoms with Gasteiger partial charge in [-0.2, -0.15) is 0 Å². The molecule has 2 aliphatic rings. The Labute approximate surface area is 96.7 Å². The van der Waals surface area contributed by atoms with Crippen molar-refractivity contribution < 1.29 is 0 Å². The van der Waals surface area contributed by atoms with Crippen LogP contribution >= 0.6 is 0 Å². The monoisotopic (exact) mass is 212 g/mol. The van der Waals surface area contributed by atoms with Crippen molar-refractivity contribution in [2.75, 3.05) is 18.0 Å². The predicted molar refractivity (Wildman–Crippen MR) is 65.7 cm³/mol. The van der Waals surface area contributed by atoms with Crippen molar-refractivity contribution in [3.05, 3.63) is 35.7 Å². The maximum Gasteiger partial charge on any atom is 0.209 e. The summed E-state index contributed by atoms with van der Waals surface area (Å²) in [6, 6.07) is 8.02. The van der Waals surface area contributed by atoms with Crippen LogP contribution in [0, 0.1) is 18.4 Å². The minimum absolute atomic E-state index is 0.809. The zero-order chi connectivity index (χ0) is 11.0. The van der Waals surface area contributed by atoms with Gasteiger partial charge in [0.25, 0.3) is 0 Å². The van der Waals surface area contributed by atoms with Gasteiger partial charge in [-0.1, -0.05) is 18.2 Å². The fourth-order valence-electron chi connectivity index (χ4n) is 3.23. The zero-order valence-electron chi connectivity index (χ0n) is 9.39. The number of nitrogens with zero attached hydrogens (tertiary/aromatic N) is 2. The minimum Gasteiger partial charge on any atom is -0.380 e. The van der Waals surface area contributed by atoms with Gasteiger partial charge >= 0.3 is 0 Å². The van der Waals surface area contributed by atoms with Gasteiger partial charge in [0, 0.05) is 18.8 Å². The fourth-order valence-corrected chi connectivity index (χ4v) is 3.23. The Morgan fingerprint density at radius 2 is 1.81 bits per heavy atom. The van der Waals surface area contributed by atoms with Crippen molar-refractivity contribution in [2.24, 2.45) is 11.8 Å². The van der Waals surface area contributed by atoms with Crippen LogP contribution in [0.1, 0.15) is 19.3 Å². The number of hydrogen-bond donors (Lipinski definition) is 0. The van der Waals surface area contributed by atoms with Crippen LogP contribution < -0.4 is 4.90 Å². The highest BCUT2D eigenvalue weighted by molar-refractivity contribution is 5.70. The van der Waals surface area contributed by atoms with Crippen molar-refractivity contribution in [2.45, 2.75) is 19.3 Å². The van der Waals surface area contributed by atoms with Gasteiger partial charge in [0.2, 0.25) is 5.69 Å². The van der Waals surface area contributed by atoms with Crippen molar-refractivity contribution in [1.82, 2.24) is 0 Å². The Kier molecular flexibility index (Phi) is 2.32. The van der Waals surface area contributed by atoms with E-state index in [1.54, 1.807) is 0 Å². The lowest BCUT2D eigenvalue weighted by molar-refractivity contribution is 0.421. The third kappa shape index (κ3) is 1.57. The number of fused-ring (bicyclic) bond motifs is 2. The number of benzene rings is 1. The second-order valence-electron chi connectivity index (χ2n) is 5.05.